The molecule has 3 aromatic rings. The summed E-state index contributed by atoms with van der Waals surface area (Å²) in [5, 5.41) is 39.6. The van der Waals surface area contributed by atoms with Gasteiger partial charge in [0, 0.05) is 31.1 Å². The molecule has 1 aliphatic carbocycles. The molecule has 12 nitrogen and oxygen atoms in total. The molecular formula is C41H55N6O6-. The number of rotatable bonds is 21. The van der Waals surface area contributed by atoms with Crippen molar-refractivity contribution in [3.05, 3.63) is 82.3 Å². The fraction of sp³-hybridized carbons (Fsp3) is 0.512. The van der Waals surface area contributed by atoms with Gasteiger partial charge in [0.1, 0.15) is 12.6 Å². The van der Waals surface area contributed by atoms with Crippen LogP contribution in [-0.2, 0) is 27.2 Å². The van der Waals surface area contributed by atoms with Crippen LogP contribution in [0, 0.1) is 11.8 Å². The number of aldehydes is 2. The van der Waals surface area contributed by atoms with Gasteiger partial charge < -0.3 is 52.0 Å². The first kappa shape index (κ1) is 39.7. The molecule has 0 saturated carbocycles. The van der Waals surface area contributed by atoms with E-state index < -0.39 is 18.1 Å². The van der Waals surface area contributed by atoms with Crippen LogP contribution in [0.2, 0.25) is 0 Å². The minimum absolute atomic E-state index is 0.0565. The number of carboxylic acid groups (broad SMARTS) is 1. The van der Waals surface area contributed by atoms with Gasteiger partial charge in [0.2, 0.25) is 0 Å². The second kappa shape index (κ2) is 19.5. The molecule has 286 valence electrons. The third-order valence-corrected chi connectivity index (χ3v) is 11.0. The number of aromatic nitrogens is 1. The van der Waals surface area contributed by atoms with E-state index in [2.05, 4.69) is 39.6 Å². The summed E-state index contributed by atoms with van der Waals surface area (Å²) in [4.78, 5) is 43.0. The van der Waals surface area contributed by atoms with Gasteiger partial charge in [-0.2, -0.15) is 0 Å². The minimum Gasteiger partial charge on any atom is -0.478 e. The summed E-state index contributed by atoms with van der Waals surface area (Å²) >= 11 is 0. The van der Waals surface area contributed by atoms with E-state index in [0.717, 1.165) is 67.4 Å². The summed E-state index contributed by atoms with van der Waals surface area (Å²) in [5.74, 6) is -0.118. The fourth-order valence-electron chi connectivity index (χ4n) is 8.27. The van der Waals surface area contributed by atoms with Crippen molar-refractivity contribution < 1.29 is 29.7 Å². The third kappa shape index (κ3) is 11.0. The van der Waals surface area contributed by atoms with E-state index >= 15 is 0 Å². The molecule has 0 unspecified atom stereocenters. The normalized spacial score (nSPS) is 21.9. The van der Waals surface area contributed by atoms with Gasteiger partial charge in [-0.25, -0.2) is 9.79 Å². The predicted octanol–water partition coefficient (Wildman–Crippen LogP) is 4.93. The molecule has 1 aromatic heterocycles. The van der Waals surface area contributed by atoms with E-state index in [1.807, 2.05) is 18.2 Å². The van der Waals surface area contributed by atoms with Crippen LogP contribution in [0.5, 0.6) is 0 Å². The number of H-pyrrole nitrogens is 1. The molecule has 0 spiro atoms. The Kier molecular flexibility index (Phi) is 14.6. The topological polar surface area (TPSA) is 218 Å². The number of nitrogens with one attached hydrogen (secondary N) is 2. The van der Waals surface area contributed by atoms with E-state index in [-0.39, 0.29) is 49.0 Å². The average molecular weight is 728 g/mol. The van der Waals surface area contributed by atoms with Gasteiger partial charge >= 0.3 is 5.97 Å². The van der Waals surface area contributed by atoms with Crippen molar-refractivity contribution in [3.8, 4) is 0 Å². The Morgan fingerprint density at radius 3 is 2.62 bits per heavy atom. The zero-order valence-electron chi connectivity index (χ0n) is 30.4. The maximum Gasteiger partial charge on any atom is 0.328 e. The molecule has 2 aliphatic rings. The maximum atomic E-state index is 12.3. The number of aliphatic carboxylic acids is 1. The van der Waals surface area contributed by atoms with Crippen molar-refractivity contribution in [3.63, 3.8) is 0 Å². The van der Waals surface area contributed by atoms with Crippen molar-refractivity contribution in [2.75, 3.05) is 13.2 Å². The van der Waals surface area contributed by atoms with E-state index in [0.29, 0.717) is 49.9 Å². The number of aliphatic hydroxyl groups is 2. The van der Waals surface area contributed by atoms with Crippen molar-refractivity contribution in [2.45, 2.75) is 107 Å². The molecule has 7 atom stereocenters. The molecule has 0 radical (unpaired) electrons. The van der Waals surface area contributed by atoms with E-state index in [9.17, 15) is 29.7 Å². The Balaban J connectivity index is 1.46. The molecule has 1 aliphatic heterocycles. The molecule has 5 rings (SSSR count). The van der Waals surface area contributed by atoms with Crippen molar-refractivity contribution in [1.82, 2.24) is 10.3 Å². The zero-order valence-corrected chi connectivity index (χ0v) is 30.4. The van der Waals surface area contributed by atoms with Crippen LogP contribution < -0.4 is 16.8 Å². The van der Waals surface area contributed by atoms with Gasteiger partial charge in [-0.15, -0.1) is 0 Å². The number of fused-ring (bicyclic) bond motifs is 2. The molecule has 2 heterocycles. The van der Waals surface area contributed by atoms with Gasteiger partial charge in [0.15, 0.2) is 5.96 Å². The van der Waals surface area contributed by atoms with Crippen LogP contribution in [0.3, 0.4) is 0 Å². The number of guanidine groups is 1. The number of aliphatic imine (C=N–C) groups is 1. The molecule has 53 heavy (non-hydrogen) atoms. The highest BCUT2D eigenvalue weighted by molar-refractivity contribution is 5.86. The summed E-state index contributed by atoms with van der Waals surface area (Å²) < 4.78 is 0. The Labute approximate surface area is 311 Å². The largest absolute Gasteiger partial charge is 0.478 e. The number of nitrogens with two attached hydrogens (primary N) is 2. The Morgan fingerprint density at radius 2 is 1.91 bits per heavy atom. The smallest absolute Gasteiger partial charge is 0.328 e. The lowest BCUT2D eigenvalue weighted by atomic mass is 9.69. The lowest BCUT2D eigenvalue weighted by Gasteiger charge is -2.40. The number of benzene rings is 2. The highest BCUT2D eigenvalue weighted by Gasteiger charge is 2.34. The van der Waals surface area contributed by atoms with Crippen molar-refractivity contribution in [1.29, 1.82) is 0 Å². The number of aliphatic hydroxyl groups excluding tert-OH is 2. The Hall–Kier alpha value is -4.52. The Bertz CT molecular complexity index is 1720. The van der Waals surface area contributed by atoms with Crippen LogP contribution in [0.25, 0.3) is 16.1 Å². The minimum atomic E-state index is -1.09. The molecule has 9 N–H and O–H groups in total. The zero-order chi connectivity index (χ0) is 37.7. The molecule has 0 saturated heterocycles. The number of carbonyl (C=O) groups is 3. The summed E-state index contributed by atoms with van der Waals surface area (Å²) in [6, 6.07) is 12.9. The number of nitrogens with zero attached hydrogens (tertiary/aromatic N) is 2. The van der Waals surface area contributed by atoms with Gasteiger partial charge in [-0.1, -0.05) is 60.9 Å². The van der Waals surface area contributed by atoms with Gasteiger partial charge in [0.05, 0.1) is 18.7 Å². The van der Waals surface area contributed by atoms with E-state index in [1.165, 1.54) is 17.2 Å². The monoisotopic (exact) mass is 727 g/mol. The number of aryl methyl sites for hydroxylation is 1. The molecule has 0 bridgehead atoms. The van der Waals surface area contributed by atoms with Crippen LogP contribution in [0.15, 0.2) is 65.3 Å². The average Bonchev–Trinajstić information content (AvgIpc) is 3.66. The van der Waals surface area contributed by atoms with Gasteiger partial charge in [0.25, 0.3) is 0 Å². The first-order chi connectivity index (χ1) is 25.7. The third-order valence-electron chi connectivity index (χ3n) is 11.0. The van der Waals surface area contributed by atoms with Crippen LogP contribution in [0.1, 0.15) is 86.8 Å². The highest BCUT2D eigenvalue weighted by Crippen LogP contribution is 2.46. The quantitative estimate of drug-likeness (QED) is 0.0584. The molecule has 12 heteroatoms. The van der Waals surface area contributed by atoms with Crippen LogP contribution in [0.4, 0.5) is 5.82 Å². The number of aromatic amines is 1. The van der Waals surface area contributed by atoms with Gasteiger partial charge in [-0.3, -0.25) is 0 Å². The maximum absolute atomic E-state index is 12.3. The number of hydrogen-bond acceptors (Lipinski definition) is 9. The molecule has 0 amide bonds. The lowest BCUT2D eigenvalue weighted by molar-refractivity contribution is -0.131. The number of hydrogen-bond donors (Lipinski definition) is 7. The molecular weight excluding hydrogens is 672 g/mol. The van der Waals surface area contributed by atoms with Gasteiger partial charge in [-0.05, 0) is 115 Å². The van der Waals surface area contributed by atoms with E-state index in [4.69, 9.17) is 16.8 Å². The molecule has 2 aromatic carbocycles. The predicted molar refractivity (Wildman–Crippen MR) is 207 cm³/mol. The summed E-state index contributed by atoms with van der Waals surface area (Å²) in [6.45, 7) is -0.0980. The SMILES string of the molecule is NC1=N[C@H](/C(=C\C(=O)O)[C@@H](C[C@H]2CCc3cc4ccc(CC=O)cc4cc3[C@@H]2CCC[C@@H](N)CC[C@H](C=O)CCCO)[N-]c2ccc[nH]2)C[C@H](CO)N1. The van der Waals surface area contributed by atoms with Crippen molar-refractivity contribution >= 4 is 41.1 Å². The first-order valence-corrected chi connectivity index (χ1v) is 19.0. The van der Waals surface area contributed by atoms with Crippen LogP contribution in [-0.4, -0.2) is 82.2 Å². The first-order valence-electron chi connectivity index (χ1n) is 19.0. The number of carboxylic acids is 1. The lowest BCUT2D eigenvalue weighted by Crippen LogP contribution is -2.49. The van der Waals surface area contributed by atoms with E-state index in [1.54, 1.807) is 6.20 Å². The number of carbonyl (C=O) groups excluding carboxylic acids is 2. The Morgan fingerprint density at radius 1 is 1.06 bits per heavy atom. The molecule has 0 fully saturated rings. The fourth-order valence-corrected chi connectivity index (χ4v) is 8.27. The summed E-state index contributed by atoms with van der Waals surface area (Å²) in [6.07, 6.45) is 13.2. The summed E-state index contributed by atoms with van der Waals surface area (Å²) in [7, 11) is 0. The second-order valence-corrected chi connectivity index (χ2v) is 14.7. The second-order valence-electron chi connectivity index (χ2n) is 14.7. The highest BCUT2D eigenvalue weighted by atomic mass is 16.4. The summed E-state index contributed by atoms with van der Waals surface area (Å²) in [5.41, 5.74) is 16.8. The van der Waals surface area contributed by atoms with Crippen LogP contribution >= 0.6 is 0 Å². The van der Waals surface area contributed by atoms with Crippen molar-refractivity contribution in [2.24, 2.45) is 28.3 Å². The standard InChI is InChI=1S/C41H55N6O6/c42-32(13-9-27(24-50)4-3-16-48)5-1-6-34-30(12-11-29-19-28-10-8-26(14-17-49)18-31(28)20-35(29)34)21-37(46-39-7-2-15-44-39)36(23-40(52)53)38-22-33(25-51)45-41(43)47-38/h2,7-8,10,15,17-20,23-24,27,30,32-34,37-38,44,48,51H,1,3-6,9,11-14,16,21-22,25,42H2,(H,52,53)(H3,43,45,47)/q-1/b36-23-/t27-,30-,32-,33-,34-,37-,38+/m1/s1.